The average molecular weight is 448 g/mol. The molecule has 0 aromatic heterocycles. The Morgan fingerprint density at radius 2 is 1.56 bits per heavy atom. The lowest BCUT2D eigenvalue weighted by molar-refractivity contribution is -0.134. The summed E-state index contributed by atoms with van der Waals surface area (Å²) in [5.41, 5.74) is 0.988. The molecule has 2 heterocycles. The van der Waals surface area contributed by atoms with E-state index in [1.165, 1.54) is 0 Å². The monoisotopic (exact) mass is 447 g/mol. The summed E-state index contributed by atoms with van der Waals surface area (Å²) in [6.07, 6.45) is 3.26. The molecule has 2 aromatic carbocycles. The molecule has 2 aromatic rings. The van der Waals surface area contributed by atoms with Crippen molar-refractivity contribution in [2.75, 3.05) is 0 Å². The number of sulfone groups is 1. The van der Waals surface area contributed by atoms with Crippen molar-refractivity contribution in [3.05, 3.63) is 64.6 Å². The summed E-state index contributed by atoms with van der Waals surface area (Å²) in [4.78, 5) is 15.3. The Kier molecular flexibility index (Phi) is 5.12. The van der Waals surface area contributed by atoms with E-state index in [1.807, 2.05) is 35.2 Å². The molecule has 2 saturated heterocycles. The second-order valence-electron chi connectivity index (χ2n) is 7.44. The molecule has 1 amide bonds. The topological polar surface area (TPSA) is 54.5 Å². The zero-order valence-corrected chi connectivity index (χ0v) is 17.3. The van der Waals surface area contributed by atoms with Crippen LogP contribution in [0.15, 0.2) is 64.0 Å². The zero-order valence-electron chi connectivity index (χ0n) is 14.9. The molecule has 2 aliphatic rings. The molecule has 142 valence electrons. The van der Waals surface area contributed by atoms with E-state index in [1.54, 1.807) is 24.3 Å². The normalized spacial score (nSPS) is 24.8. The molecule has 2 aliphatic heterocycles. The summed E-state index contributed by atoms with van der Waals surface area (Å²) in [7, 11) is -3.34. The molecule has 0 N–H and O–H groups in total. The molecule has 4 rings (SSSR count). The van der Waals surface area contributed by atoms with Gasteiger partial charge in [-0.25, -0.2) is 8.42 Å². The Morgan fingerprint density at radius 3 is 2.15 bits per heavy atom. The van der Waals surface area contributed by atoms with Gasteiger partial charge in [0.1, 0.15) is 0 Å². The van der Waals surface area contributed by atoms with Crippen molar-refractivity contribution in [3.8, 4) is 0 Å². The quantitative estimate of drug-likeness (QED) is 0.711. The number of fused-ring (bicyclic) bond motifs is 2. The molecule has 2 atom stereocenters. The number of amides is 1. The van der Waals surface area contributed by atoms with Crippen LogP contribution in [-0.4, -0.2) is 36.6 Å². The van der Waals surface area contributed by atoms with E-state index in [4.69, 9.17) is 0 Å². The molecular weight excluding hydrogens is 426 g/mol. The van der Waals surface area contributed by atoms with Gasteiger partial charge < -0.3 is 4.90 Å². The van der Waals surface area contributed by atoms with Crippen LogP contribution in [0.1, 0.15) is 31.2 Å². The van der Waals surface area contributed by atoms with Crippen molar-refractivity contribution in [1.82, 2.24) is 4.90 Å². The number of halogens is 1. The minimum absolute atomic E-state index is 0.0372. The van der Waals surface area contributed by atoms with Gasteiger partial charge in [0.25, 0.3) is 0 Å². The van der Waals surface area contributed by atoms with Crippen LogP contribution in [0.5, 0.6) is 0 Å². The van der Waals surface area contributed by atoms with Crippen molar-refractivity contribution < 1.29 is 13.2 Å². The first-order chi connectivity index (χ1) is 12.9. The number of carbonyl (C=O) groups is 1. The lowest BCUT2D eigenvalue weighted by atomic mass is 10.0. The van der Waals surface area contributed by atoms with E-state index < -0.39 is 15.1 Å². The van der Waals surface area contributed by atoms with Gasteiger partial charge in [-0.2, -0.15) is 0 Å². The van der Waals surface area contributed by atoms with Gasteiger partial charge in [-0.15, -0.1) is 0 Å². The maximum Gasteiger partial charge on any atom is 0.227 e. The molecule has 0 aliphatic carbocycles. The Labute approximate surface area is 168 Å². The summed E-state index contributed by atoms with van der Waals surface area (Å²) in [6, 6.07) is 16.6. The third-order valence-electron chi connectivity index (χ3n) is 5.76. The average Bonchev–Trinajstić information content (AvgIpc) is 2.94. The van der Waals surface area contributed by atoms with Crippen LogP contribution in [0.2, 0.25) is 0 Å². The van der Waals surface area contributed by atoms with Crippen molar-refractivity contribution >= 4 is 31.7 Å². The van der Waals surface area contributed by atoms with Gasteiger partial charge in [0.2, 0.25) is 5.91 Å². The lowest BCUT2D eigenvalue weighted by Crippen LogP contribution is -2.50. The van der Waals surface area contributed by atoms with Crippen LogP contribution in [-0.2, 0) is 21.1 Å². The summed E-state index contributed by atoms with van der Waals surface area (Å²) >= 11 is 3.41. The second-order valence-corrected chi connectivity index (χ2v) is 10.6. The van der Waals surface area contributed by atoms with E-state index in [9.17, 15) is 13.2 Å². The van der Waals surface area contributed by atoms with Gasteiger partial charge >= 0.3 is 0 Å². The minimum atomic E-state index is -3.34. The lowest BCUT2D eigenvalue weighted by Gasteiger charge is -2.38. The number of carbonyl (C=O) groups excluding carboxylic acids is 1. The molecular formula is C21H22BrNO3S. The third kappa shape index (κ3) is 3.69. The van der Waals surface area contributed by atoms with Crippen LogP contribution in [0.3, 0.4) is 0 Å². The standard InChI is InChI=1S/C21H22BrNO3S/c22-16-8-6-15(7-9-16)12-21(24)23-17-10-11-18(23)14-20(13-17)27(25,26)19-4-2-1-3-5-19/h1-9,17-18,20H,10-14H2. The number of hydrogen-bond donors (Lipinski definition) is 0. The number of benzene rings is 2. The van der Waals surface area contributed by atoms with Crippen molar-refractivity contribution in [2.24, 2.45) is 0 Å². The van der Waals surface area contributed by atoms with E-state index in [0.29, 0.717) is 24.2 Å². The second kappa shape index (κ2) is 7.40. The minimum Gasteiger partial charge on any atom is -0.336 e. The summed E-state index contributed by atoms with van der Waals surface area (Å²) < 4.78 is 27.0. The van der Waals surface area contributed by atoms with E-state index in [0.717, 1.165) is 22.9 Å². The molecule has 2 unspecified atom stereocenters. The molecule has 2 bridgehead atoms. The smallest absolute Gasteiger partial charge is 0.227 e. The zero-order chi connectivity index (χ0) is 19.0. The van der Waals surface area contributed by atoms with Gasteiger partial charge in [0.15, 0.2) is 9.84 Å². The van der Waals surface area contributed by atoms with Crippen LogP contribution in [0, 0.1) is 0 Å². The number of nitrogens with zero attached hydrogens (tertiary/aromatic N) is 1. The van der Waals surface area contributed by atoms with E-state index >= 15 is 0 Å². The van der Waals surface area contributed by atoms with Crippen molar-refractivity contribution in [2.45, 2.75) is 54.3 Å². The van der Waals surface area contributed by atoms with Crippen molar-refractivity contribution in [3.63, 3.8) is 0 Å². The highest BCUT2D eigenvalue weighted by Gasteiger charge is 2.46. The molecule has 27 heavy (non-hydrogen) atoms. The summed E-state index contributed by atoms with van der Waals surface area (Å²) in [5, 5.41) is -0.394. The van der Waals surface area contributed by atoms with Crippen LogP contribution < -0.4 is 0 Å². The fourth-order valence-electron chi connectivity index (χ4n) is 4.46. The highest BCUT2D eigenvalue weighted by atomic mass is 79.9. The first-order valence-electron chi connectivity index (χ1n) is 9.29. The van der Waals surface area contributed by atoms with Gasteiger partial charge in [0, 0.05) is 16.6 Å². The molecule has 6 heteroatoms. The molecule has 4 nitrogen and oxygen atoms in total. The molecule has 0 saturated carbocycles. The van der Waals surface area contributed by atoms with Gasteiger partial charge in [-0.1, -0.05) is 46.3 Å². The summed E-state index contributed by atoms with van der Waals surface area (Å²) in [6.45, 7) is 0. The maximum absolute atomic E-state index is 13.0. The van der Waals surface area contributed by atoms with E-state index in [2.05, 4.69) is 15.9 Å². The van der Waals surface area contributed by atoms with Crippen molar-refractivity contribution in [1.29, 1.82) is 0 Å². The predicted octanol–water partition coefficient (Wildman–Crippen LogP) is 3.99. The van der Waals surface area contributed by atoms with Crippen LogP contribution in [0.4, 0.5) is 0 Å². The van der Waals surface area contributed by atoms with Gasteiger partial charge in [-0.3, -0.25) is 4.79 Å². The Morgan fingerprint density at radius 1 is 0.963 bits per heavy atom. The molecule has 0 spiro atoms. The number of hydrogen-bond acceptors (Lipinski definition) is 3. The number of rotatable bonds is 4. The van der Waals surface area contributed by atoms with Gasteiger partial charge in [0.05, 0.1) is 16.6 Å². The molecule has 0 radical (unpaired) electrons. The SMILES string of the molecule is O=C(Cc1ccc(Br)cc1)N1C2CCC1CC(S(=O)(=O)c1ccccc1)C2. The fourth-order valence-corrected chi connectivity index (χ4v) is 6.60. The van der Waals surface area contributed by atoms with Gasteiger partial charge in [-0.05, 0) is 55.5 Å². The fraction of sp³-hybridized carbons (Fsp3) is 0.381. The molecule has 2 fully saturated rings. The van der Waals surface area contributed by atoms with Crippen LogP contribution in [0.25, 0.3) is 0 Å². The summed E-state index contributed by atoms with van der Waals surface area (Å²) in [5.74, 6) is 0.111. The maximum atomic E-state index is 13.0. The number of piperidine rings is 1. The largest absolute Gasteiger partial charge is 0.336 e. The first kappa shape index (κ1) is 18.7. The first-order valence-corrected chi connectivity index (χ1v) is 11.6. The Bertz CT molecular complexity index is 914. The third-order valence-corrected chi connectivity index (χ3v) is 8.48. The Balaban J connectivity index is 1.49. The highest BCUT2D eigenvalue weighted by Crippen LogP contribution is 2.40. The van der Waals surface area contributed by atoms with Crippen LogP contribution >= 0.6 is 15.9 Å². The Hall–Kier alpha value is -1.66. The van der Waals surface area contributed by atoms with E-state index in [-0.39, 0.29) is 18.0 Å². The predicted molar refractivity (Wildman–Crippen MR) is 108 cm³/mol. The highest BCUT2D eigenvalue weighted by molar-refractivity contribution is 9.10.